The molecule has 2 aromatic carbocycles. The van der Waals surface area contributed by atoms with Crippen molar-refractivity contribution in [3.8, 4) is 17.1 Å². The number of aromatic nitrogens is 3. The first-order valence-corrected chi connectivity index (χ1v) is 9.46. The standard InChI is InChI=1S/C21H16Cl2N4O/c1-2-28-15-6-8-19-16(11-15)21(25-14-5-7-17(22)18(23)10-14)27-20(26-19)13-4-3-9-24-12-13/h3-12H,2H2,1H3,(H,25,26,27). The summed E-state index contributed by atoms with van der Waals surface area (Å²) in [5.74, 6) is 1.97. The van der Waals surface area contributed by atoms with Gasteiger partial charge in [-0.15, -0.1) is 0 Å². The van der Waals surface area contributed by atoms with E-state index in [2.05, 4.69) is 15.3 Å². The van der Waals surface area contributed by atoms with Gasteiger partial charge in [0, 0.05) is 29.0 Å². The lowest BCUT2D eigenvalue weighted by atomic mass is 10.2. The number of nitrogens with one attached hydrogen (secondary N) is 1. The highest BCUT2D eigenvalue weighted by Gasteiger charge is 2.12. The van der Waals surface area contributed by atoms with Gasteiger partial charge in [-0.1, -0.05) is 23.2 Å². The van der Waals surface area contributed by atoms with Crippen molar-refractivity contribution >= 4 is 45.6 Å². The number of pyridine rings is 1. The molecule has 4 aromatic rings. The molecule has 2 heterocycles. The number of anilines is 2. The molecule has 0 spiro atoms. The van der Waals surface area contributed by atoms with Gasteiger partial charge < -0.3 is 10.1 Å². The summed E-state index contributed by atoms with van der Waals surface area (Å²) in [4.78, 5) is 13.6. The minimum absolute atomic E-state index is 0.465. The molecule has 140 valence electrons. The van der Waals surface area contributed by atoms with Crippen LogP contribution in [0.1, 0.15) is 6.92 Å². The molecule has 0 atom stereocenters. The van der Waals surface area contributed by atoms with Crippen molar-refractivity contribution in [2.24, 2.45) is 0 Å². The van der Waals surface area contributed by atoms with E-state index in [1.54, 1.807) is 24.5 Å². The molecule has 0 saturated carbocycles. The minimum Gasteiger partial charge on any atom is -0.494 e. The van der Waals surface area contributed by atoms with Gasteiger partial charge >= 0.3 is 0 Å². The number of hydrogen-bond acceptors (Lipinski definition) is 5. The lowest BCUT2D eigenvalue weighted by Crippen LogP contribution is -2.00. The maximum absolute atomic E-state index is 6.16. The third-order valence-corrected chi connectivity index (χ3v) is 4.82. The van der Waals surface area contributed by atoms with Crippen molar-refractivity contribution < 1.29 is 4.74 Å². The van der Waals surface area contributed by atoms with Crippen LogP contribution < -0.4 is 10.1 Å². The Bertz CT molecular complexity index is 1140. The van der Waals surface area contributed by atoms with Crippen molar-refractivity contribution in [3.63, 3.8) is 0 Å². The Balaban J connectivity index is 1.86. The van der Waals surface area contributed by atoms with E-state index in [1.165, 1.54) is 0 Å². The predicted molar refractivity (Wildman–Crippen MR) is 114 cm³/mol. The Morgan fingerprint density at radius 3 is 2.64 bits per heavy atom. The van der Waals surface area contributed by atoms with Crippen LogP contribution in [-0.4, -0.2) is 21.6 Å². The van der Waals surface area contributed by atoms with Crippen molar-refractivity contribution in [2.75, 3.05) is 11.9 Å². The highest BCUT2D eigenvalue weighted by molar-refractivity contribution is 6.42. The topological polar surface area (TPSA) is 59.9 Å². The van der Waals surface area contributed by atoms with Crippen molar-refractivity contribution in [2.45, 2.75) is 6.92 Å². The molecule has 0 radical (unpaired) electrons. The maximum atomic E-state index is 6.16. The van der Waals surface area contributed by atoms with E-state index in [4.69, 9.17) is 32.9 Å². The van der Waals surface area contributed by atoms with Crippen LogP contribution in [0.25, 0.3) is 22.3 Å². The fraction of sp³-hybridized carbons (Fsp3) is 0.0952. The lowest BCUT2D eigenvalue weighted by Gasteiger charge is -2.13. The SMILES string of the molecule is CCOc1ccc2nc(-c3cccnc3)nc(Nc3ccc(Cl)c(Cl)c3)c2c1. The molecule has 0 amide bonds. The number of nitrogens with zero attached hydrogens (tertiary/aromatic N) is 3. The molecule has 0 bridgehead atoms. The van der Waals surface area contributed by atoms with E-state index in [1.807, 2.05) is 43.3 Å². The van der Waals surface area contributed by atoms with Gasteiger partial charge in [0.2, 0.25) is 0 Å². The van der Waals surface area contributed by atoms with Crippen molar-refractivity contribution in [1.29, 1.82) is 0 Å². The summed E-state index contributed by atoms with van der Waals surface area (Å²) in [6.07, 6.45) is 3.45. The van der Waals surface area contributed by atoms with E-state index in [0.717, 1.165) is 27.9 Å². The predicted octanol–water partition coefficient (Wildman–Crippen LogP) is 6.14. The summed E-state index contributed by atoms with van der Waals surface area (Å²) < 4.78 is 5.64. The number of ether oxygens (including phenoxy) is 1. The number of halogens is 2. The summed E-state index contributed by atoms with van der Waals surface area (Å²) in [6, 6.07) is 14.9. The first-order valence-electron chi connectivity index (χ1n) is 8.71. The zero-order chi connectivity index (χ0) is 19.5. The normalized spacial score (nSPS) is 10.8. The van der Waals surface area contributed by atoms with Gasteiger partial charge in [0.1, 0.15) is 11.6 Å². The molecule has 4 rings (SSSR count). The van der Waals surface area contributed by atoms with Gasteiger partial charge in [-0.05, 0) is 55.5 Å². The maximum Gasteiger partial charge on any atom is 0.163 e. The van der Waals surface area contributed by atoms with E-state index in [-0.39, 0.29) is 0 Å². The Labute approximate surface area is 172 Å². The molecule has 28 heavy (non-hydrogen) atoms. The van der Waals surface area contributed by atoms with Crippen LogP contribution in [0.2, 0.25) is 10.0 Å². The number of benzene rings is 2. The van der Waals surface area contributed by atoms with Crippen LogP contribution in [0.5, 0.6) is 5.75 Å². The molecule has 1 N–H and O–H groups in total. The Kier molecular flexibility index (Phi) is 5.28. The summed E-state index contributed by atoms with van der Waals surface area (Å²) in [5.41, 5.74) is 2.39. The van der Waals surface area contributed by atoms with Gasteiger partial charge in [0.25, 0.3) is 0 Å². The number of hydrogen-bond donors (Lipinski definition) is 1. The fourth-order valence-corrected chi connectivity index (χ4v) is 3.09. The molecule has 0 aliphatic carbocycles. The lowest BCUT2D eigenvalue weighted by molar-refractivity contribution is 0.340. The minimum atomic E-state index is 0.465. The monoisotopic (exact) mass is 410 g/mol. The van der Waals surface area contributed by atoms with Crippen LogP contribution in [0, 0.1) is 0 Å². The molecule has 0 saturated heterocycles. The van der Waals surface area contributed by atoms with Crippen LogP contribution in [0.15, 0.2) is 60.9 Å². The van der Waals surface area contributed by atoms with Crippen LogP contribution >= 0.6 is 23.2 Å². The zero-order valence-corrected chi connectivity index (χ0v) is 16.5. The first kappa shape index (κ1) is 18.5. The molecule has 2 aromatic heterocycles. The van der Waals surface area contributed by atoms with Crippen molar-refractivity contribution in [3.05, 3.63) is 71.0 Å². The number of fused-ring (bicyclic) bond motifs is 1. The molecule has 0 unspecified atom stereocenters. The second-order valence-electron chi connectivity index (χ2n) is 6.00. The molecule has 5 nitrogen and oxygen atoms in total. The van der Waals surface area contributed by atoms with E-state index >= 15 is 0 Å². The van der Waals surface area contributed by atoms with E-state index < -0.39 is 0 Å². The Morgan fingerprint density at radius 1 is 1.00 bits per heavy atom. The molecular formula is C21H16Cl2N4O. The average Bonchev–Trinajstić information content (AvgIpc) is 2.72. The second-order valence-corrected chi connectivity index (χ2v) is 6.82. The molecule has 0 fully saturated rings. The quantitative estimate of drug-likeness (QED) is 0.427. The number of rotatable bonds is 5. The third-order valence-electron chi connectivity index (χ3n) is 4.08. The molecule has 0 aliphatic rings. The van der Waals surface area contributed by atoms with E-state index in [9.17, 15) is 0 Å². The summed E-state index contributed by atoms with van der Waals surface area (Å²) in [7, 11) is 0. The first-order chi connectivity index (χ1) is 13.6. The Morgan fingerprint density at radius 2 is 1.89 bits per heavy atom. The van der Waals surface area contributed by atoms with Gasteiger partial charge in [0.05, 0.1) is 22.2 Å². The van der Waals surface area contributed by atoms with Gasteiger partial charge in [-0.2, -0.15) is 0 Å². The van der Waals surface area contributed by atoms with E-state index in [0.29, 0.717) is 28.3 Å². The smallest absolute Gasteiger partial charge is 0.163 e. The zero-order valence-electron chi connectivity index (χ0n) is 15.0. The summed E-state index contributed by atoms with van der Waals surface area (Å²) in [6.45, 7) is 2.52. The second kappa shape index (κ2) is 8.00. The van der Waals surface area contributed by atoms with Crippen LogP contribution in [-0.2, 0) is 0 Å². The summed E-state index contributed by atoms with van der Waals surface area (Å²) in [5, 5.41) is 5.12. The van der Waals surface area contributed by atoms with Crippen LogP contribution in [0.4, 0.5) is 11.5 Å². The van der Waals surface area contributed by atoms with Gasteiger partial charge in [0.15, 0.2) is 5.82 Å². The van der Waals surface area contributed by atoms with Crippen molar-refractivity contribution in [1.82, 2.24) is 15.0 Å². The highest BCUT2D eigenvalue weighted by Crippen LogP contribution is 2.32. The highest BCUT2D eigenvalue weighted by atomic mass is 35.5. The fourth-order valence-electron chi connectivity index (χ4n) is 2.79. The molecular weight excluding hydrogens is 395 g/mol. The third kappa shape index (κ3) is 3.86. The molecule has 0 aliphatic heterocycles. The summed E-state index contributed by atoms with van der Waals surface area (Å²) >= 11 is 12.2. The van der Waals surface area contributed by atoms with Gasteiger partial charge in [-0.3, -0.25) is 4.98 Å². The Hall–Kier alpha value is -2.89. The average molecular weight is 411 g/mol. The largest absolute Gasteiger partial charge is 0.494 e. The van der Waals surface area contributed by atoms with Crippen LogP contribution in [0.3, 0.4) is 0 Å². The molecule has 7 heteroatoms. The van der Waals surface area contributed by atoms with Gasteiger partial charge in [-0.25, -0.2) is 9.97 Å².